The third-order valence-corrected chi connectivity index (χ3v) is 2.89. The lowest BCUT2D eigenvalue weighted by atomic mass is 10.1. The van der Waals surface area contributed by atoms with Crippen molar-refractivity contribution < 1.29 is 9.59 Å². The Labute approximate surface area is 102 Å². The van der Waals surface area contributed by atoms with Gasteiger partial charge in [-0.25, -0.2) is 0 Å². The molecule has 1 heterocycles. The molecule has 98 valence electrons. The van der Waals surface area contributed by atoms with Crippen molar-refractivity contribution in [3.8, 4) is 0 Å². The summed E-state index contributed by atoms with van der Waals surface area (Å²) in [4.78, 5) is 27.3. The molecule has 1 aliphatic heterocycles. The molecular formula is C11H22N4O2. The number of amides is 2. The van der Waals surface area contributed by atoms with E-state index in [0.29, 0.717) is 26.1 Å². The van der Waals surface area contributed by atoms with Crippen molar-refractivity contribution in [1.82, 2.24) is 20.4 Å². The van der Waals surface area contributed by atoms with Gasteiger partial charge in [0, 0.05) is 39.6 Å². The first-order valence-corrected chi connectivity index (χ1v) is 5.92. The number of piperazine rings is 1. The zero-order chi connectivity index (χ0) is 12.8. The Balaban J connectivity index is 2.58. The van der Waals surface area contributed by atoms with Gasteiger partial charge in [-0.05, 0) is 14.1 Å². The number of nitrogens with zero attached hydrogens (tertiary/aromatic N) is 2. The number of nitrogens with one attached hydrogen (secondary N) is 2. The smallest absolute Gasteiger partial charge is 0.243 e. The van der Waals surface area contributed by atoms with Crippen LogP contribution < -0.4 is 10.6 Å². The van der Waals surface area contributed by atoms with Crippen LogP contribution in [-0.4, -0.2) is 75.0 Å². The van der Waals surface area contributed by atoms with E-state index in [1.165, 1.54) is 0 Å². The van der Waals surface area contributed by atoms with Crippen LogP contribution in [0.4, 0.5) is 0 Å². The van der Waals surface area contributed by atoms with Gasteiger partial charge in [0.25, 0.3) is 0 Å². The van der Waals surface area contributed by atoms with Gasteiger partial charge in [0.2, 0.25) is 11.8 Å². The average Bonchev–Trinajstić information content (AvgIpc) is 2.34. The van der Waals surface area contributed by atoms with Crippen LogP contribution in [-0.2, 0) is 9.59 Å². The molecule has 1 rings (SSSR count). The van der Waals surface area contributed by atoms with Gasteiger partial charge < -0.3 is 20.4 Å². The summed E-state index contributed by atoms with van der Waals surface area (Å²) in [6, 6.07) is -0.372. The summed E-state index contributed by atoms with van der Waals surface area (Å²) in [5.41, 5.74) is 0. The first-order valence-electron chi connectivity index (χ1n) is 5.92. The van der Waals surface area contributed by atoms with E-state index in [4.69, 9.17) is 0 Å². The van der Waals surface area contributed by atoms with Crippen molar-refractivity contribution in [1.29, 1.82) is 0 Å². The van der Waals surface area contributed by atoms with E-state index < -0.39 is 0 Å². The van der Waals surface area contributed by atoms with Crippen LogP contribution in [0.1, 0.15) is 6.42 Å². The van der Waals surface area contributed by atoms with E-state index >= 15 is 0 Å². The molecule has 2 amide bonds. The van der Waals surface area contributed by atoms with Gasteiger partial charge in [-0.15, -0.1) is 0 Å². The highest BCUT2D eigenvalue weighted by molar-refractivity contribution is 5.88. The number of likely N-dealkylation sites (N-methyl/N-ethyl adjacent to an activating group) is 1. The van der Waals surface area contributed by atoms with Gasteiger partial charge in [-0.3, -0.25) is 9.59 Å². The number of hydrogen-bond donors (Lipinski definition) is 2. The van der Waals surface area contributed by atoms with Crippen molar-refractivity contribution in [3.63, 3.8) is 0 Å². The summed E-state index contributed by atoms with van der Waals surface area (Å²) in [7, 11) is 5.46. The monoisotopic (exact) mass is 242 g/mol. The van der Waals surface area contributed by atoms with Gasteiger partial charge >= 0.3 is 0 Å². The molecule has 2 N–H and O–H groups in total. The fourth-order valence-electron chi connectivity index (χ4n) is 1.87. The molecule has 17 heavy (non-hydrogen) atoms. The quantitative estimate of drug-likeness (QED) is 0.629. The summed E-state index contributed by atoms with van der Waals surface area (Å²) in [6.07, 6.45) is 0.459. The maximum Gasteiger partial charge on any atom is 0.243 e. The van der Waals surface area contributed by atoms with E-state index in [-0.39, 0.29) is 17.9 Å². The molecule has 0 bridgehead atoms. The average molecular weight is 242 g/mol. The number of carbonyl (C=O) groups is 2. The first-order chi connectivity index (χ1) is 8.06. The van der Waals surface area contributed by atoms with Crippen molar-refractivity contribution in [3.05, 3.63) is 0 Å². The van der Waals surface area contributed by atoms with Gasteiger partial charge in [-0.1, -0.05) is 0 Å². The van der Waals surface area contributed by atoms with E-state index in [1.54, 1.807) is 11.9 Å². The van der Waals surface area contributed by atoms with E-state index in [9.17, 15) is 9.59 Å². The predicted molar refractivity (Wildman–Crippen MR) is 65.6 cm³/mol. The Morgan fingerprint density at radius 2 is 2.18 bits per heavy atom. The SMILES string of the molecule is CNC(=O)C1CNCCN1C(=O)CCN(C)C. The van der Waals surface area contributed by atoms with Crippen LogP contribution >= 0.6 is 0 Å². The molecule has 1 saturated heterocycles. The third kappa shape index (κ3) is 3.98. The molecule has 0 aromatic heterocycles. The maximum absolute atomic E-state index is 12.0. The topological polar surface area (TPSA) is 64.7 Å². The van der Waals surface area contributed by atoms with Gasteiger partial charge in [0.15, 0.2) is 0 Å². The summed E-state index contributed by atoms with van der Waals surface area (Å²) < 4.78 is 0. The van der Waals surface area contributed by atoms with Crippen LogP contribution in [0.5, 0.6) is 0 Å². The Bertz CT molecular complexity index is 281. The van der Waals surface area contributed by atoms with Crippen molar-refractivity contribution >= 4 is 11.8 Å². The summed E-state index contributed by atoms with van der Waals surface area (Å²) >= 11 is 0. The third-order valence-electron chi connectivity index (χ3n) is 2.89. The minimum atomic E-state index is -0.372. The highest BCUT2D eigenvalue weighted by Crippen LogP contribution is 2.06. The number of rotatable bonds is 4. The molecule has 1 fully saturated rings. The molecular weight excluding hydrogens is 220 g/mol. The van der Waals surface area contributed by atoms with Crippen molar-refractivity contribution in [2.24, 2.45) is 0 Å². The van der Waals surface area contributed by atoms with E-state index in [2.05, 4.69) is 10.6 Å². The largest absolute Gasteiger partial charge is 0.357 e. The summed E-state index contributed by atoms with van der Waals surface area (Å²) in [5, 5.41) is 5.74. The van der Waals surface area contributed by atoms with Crippen molar-refractivity contribution in [2.45, 2.75) is 12.5 Å². The summed E-state index contributed by atoms with van der Waals surface area (Å²) in [5.74, 6) is -0.0517. The molecule has 1 unspecified atom stereocenters. The highest BCUT2D eigenvalue weighted by Gasteiger charge is 2.30. The Kier molecular flexibility index (Phi) is 5.37. The lowest BCUT2D eigenvalue weighted by molar-refractivity contribution is -0.141. The normalized spacial score (nSPS) is 20.5. The molecule has 0 aromatic rings. The lowest BCUT2D eigenvalue weighted by Crippen LogP contribution is -2.59. The molecule has 0 aliphatic carbocycles. The zero-order valence-corrected chi connectivity index (χ0v) is 10.8. The first kappa shape index (κ1) is 13.9. The molecule has 0 radical (unpaired) electrons. The van der Waals surface area contributed by atoms with Crippen LogP contribution in [0.3, 0.4) is 0 Å². The van der Waals surface area contributed by atoms with Crippen LogP contribution in [0.15, 0.2) is 0 Å². The molecule has 1 atom stereocenters. The van der Waals surface area contributed by atoms with Crippen LogP contribution in [0.25, 0.3) is 0 Å². The van der Waals surface area contributed by atoms with Crippen molar-refractivity contribution in [2.75, 3.05) is 47.3 Å². The standard InChI is InChI=1S/C11H22N4O2/c1-12-11(17)9-8-13-5-7-15(9)10(16)4-6-14(2)3/h9,13H,4-8H2,1-3H3,(H,12,17). The second-order valence-electron chi connectivity index (χ2n) is 4.47. The summed E-state index contributed by atoms with van der Waals surface area (Å²) in [6.45, 7) is 2.60. The predicted octanol–water partition coefficient (Wildman–Crippen LogP) is -1.52. The minimum absolute atomic E-state index is 0.0498. The van der Waals surface area contributed by atoms with Crippen LogP contribution in [0.2, 0.25) is 0 Å². The minimum Gasteiger partial charge on any atom is -0.357 e. The second-order valence-corrected chi connectivity index (χ2v) is 4.47. The fourth-order valence-corrected chi connectivity index (χ4v) is 1.87. The van der Waals surface area contributed by atoms with E-state index in [0.717, 1.165) is 6.54 Å². The zero-order valence-electron chi connectivity index (χ0n) is 10.8. The number of hydrogen-bond acceptors (Lipinski definition) is 4. The molecule has 6 nitrogen and oxygen atoms in total. The van der Waals surface area contributed by atoms with Crippen LogP contribution in [0, 0.1) is 0 Å². The molecule has 0 spiro atoms. The van der Waals surface area contributed by atoms with E-state index in [1.807, 2.05) is 19.0 Å². The second kappa shape index (κ2) is 6.56. The molecule has 6 heteroatoms. The lowest BCUT2D eigenvalue weighted by Gasteiger charge is -2.35. The molecule has 1 aliphatic rings. The fraction of sp³-hybridized carbons (Fsp3) is 0.818. The Morgan fingerprint density at radius 1 is 1.47 bits per heavy atom. The Hall–Kier alpha value is -1.14. The Morgan fingerprint density at radius 3 is 2.76 bits per heavy atom. The van der Waals surface area contributed by atoms with Gasteiger partial charge in [0.05, 0.1) is 0 Å². The number of carbonyl (C=O) groups excluding carboxylic acids is 2. The highest BCUT2D eigenvalue weighted by atomic mass is 16.2. The van der Waals surface area contributed by atoms with Gasteiger partial charge in [0.1, 0.15) is 6.04 Å². The maximum atomic E-state index is 12.0. The molecule has 0 saturated carbocycles. The molecule has 0 aromatic carbocycles. The van der Waals surface area contributed by atoms with Gasteiger partial charge in [-0.2, -0.15) is 0 Å².